The molecule has 0 aromatic carbocycles. The summed E-state index contributed by atoms with van der Waals surface area (Å²) in [6.07, 6.45) is 6.78. The van der Waals surface area contributed by atoms with Crippen molar-refractivity contribution in [2.45, 2.75) is 71.8 Å². The Morgan fingerprint density at radius 3 is 2.65 bits per heavy atom. The average Bonchev–Trinajstić information content (AvgIpc) is 2.43. The number of rotatable bonds is 9. The average molecular weight is 286 g/mol. The Morgan fingerprint density at radius 1 is 1.30 bits per heavy atom. The molecule has 0 aromatic rings. The molecule has 0 amide bonds. The Hall–Kier alpha value is -0.610. The highest BCUT2D eigenvalue weighted by Crippen LogP contribution is 2.27. The molecule has 0 bridgehead atoms. The van der Waals surface area contributed by atoms with E-state index in [1.54, 1.807) is 0 Å². The first-order valence-corrected chi connectivity index (χ1v) is 7.88. The molecule has 0 aliphatic heterocycles. The van der Waals surface area contributed by atoms with Gasteiger partial charge in [0.15, 0.2) is 0 Å². The Labute approximate surface area is 122 Å². The Bertz CT molecular complexity index is 288. The van der Waals surface area contributed by atoms with Crippen LogP contribution in [0.2, 0.25) is 0 Å². The minimum Gasteiger partial charge on any atom is -0.481 e. The zero-order valence-corrected chi connectivity index (χ0v) is 13.2. The van der Waals surface area contributed by atoms with Crippen molar-refractivity contribution in [3.63, 3.8) is 0 Å². The Balaban J connectivity index is 2.12. The predicted octanol–water partition coefficient (Wildman–Crippen LogP) is 3.84. The standard InChI is InChI=1S/C16H30O4/c1-4-16(2,3)10-7-11-19-12-20-14-9-6-5-8-13(14)15(17)18/h13-14H,4-12H2,1-3H3,(H,17,18). The molecular weight excluding hydrogens is 256 g/mol. The zero-order chi connectivity index (χ0) is 15.0. The molecule has 1 N–H and O–H groups in total. The predicted molar refractivity (Wildman–Crippen MR) is 78.6 cm³/mol. The molecule has 1 fully saturated rings. The summed E-state index contributed by atoms with van der Waals surface area (Å²) in [4.78, 5) is 11.1. The van der Waals surface area contributed by atoms with Gasteiger partial charge in [0.2, 0.25) is 0 Å². The van der Waals surface area contributed by atoms with Crippen LogP contribution >= 0.6 is 0 Å². The van der Waals surface area contributed by atoms with Gasteiger partial charge in [-0.1, -0.05) is 40.0 Å². The van der Waals surface area contributed by atoms with E-state index in [9.17, 15) is 4.79 Å². The number of carboxylic acid groups (broad SMARTS) is 1. The third-order valence-corrected chi connectivity index (χ3v) is 4.48. The van der Waals surface area contributed by atoms with Crippen LogP contribution in [-0.4, -0.2) is 30.6 Å². The summed E-state index contributed by atoms with van der Waals surface area (Å²) in [5.74, 6) is -1.09. The van der Waals surface area contributed by atoms with Crippen LogP contribution in [0.1, 0.15) is 65.7 Å². The number of ether oxygens (including phenoxy) is 2. The highest BCUT2D eigenvalue weighted by Gasteiger charge is 2.31. The van der Waals surface area contributed by atoms with Crippen molar-refractivity contribution in [3.05, 3.63) is 0 Å². The molecule has 0 spiro atoms. The van der Waals surface area contributed by atoms with Crippen molar-refractivity contribution in [3.8, 4) is 0 Å². The van der Waals surface area contributed by atoms with Gasteiger partial charge >= 0.3 is 5.97 Å². The number of aliphatic carboxylic acids is 1. The first-order valence-electron chi connectivity index (χ1n) is 7.88. The smallest absolute Gasteiger partial charge is 0.309 e. The highest BCUT2D eigenvalue weighted by atomic mass is 16.7. The van der Waals surface area contributed by atoms with Gasteiger partial charge in [0.1, 0.15) is 6.79 Å². The topological polar surface area (TPSA) is 55.8 Å². The number of carbonyl (C=O) groups is 1. The van der Waals surface area contributed by atoms with Crippen LogP contribution in [0.15, 0.2) is 0 Å². The van der Waals surface area contributed by atoms with Crippen LogP contribution in [-0.2, 0) is 14.3 Å². The maximum absolute atomic E-state index is 11.1. The van der Waals surface area contributed by atoms with Gasteiger partial charge in [-0.25, -0.2) is 0 Å². The molecule has 0 saturated heterocycles. The molecule has 1 rings (SSSR count). The molecule has 0 heterocycles. The maximum Gasteiger partial charge on any atom is 0.309 e. The Kier molecular flexibility index (Phi) is 7.52. The Morgan fingerprint density at radius 2 is 2.00 bits per heavy atom. The fourth-order valence-electron chi connectivity index (χ4n) is 2.60. The second-order valence-corrected chi connectivity index (χ2v) is 6.58. The monoisotopic (exact) mass is 286 g/mol. The minimum absolute atomic E-state index is 0.173. The van der Waals surface area contributed by atoms with Crippen molar-refractivity contribution >= 4 is 5.97 Å². The minimum atomic E-state index is -0.737. The second-order valence-electron chi connectivity index (χ2n) is 6.58. The third kappa shape index (κ3) is 6.23. The van der Waals surface area contributed by atoms with Gasteiger partial charge in [0, 0.05) is 6.61 Å². The van der Waals surface area contributed by atoms with E-state index in [2.05, 4.69) is 20.8 Å². The molecule has 0 aromatic heterocycles. The van der Waals surface area contributed by atoms with Crippen molar-refractivity contribution in [2.24, 2.45) is 11.3 Å². The molecule has 4 heteroatoms. The van der Waals surface area contributed by atoms with Crippen molar-refractivity contribution < 1.29 is 19.4 Å². The molecule has 1 aliphatic rings. The van der Waals surface area contributed by atoms with E-state index >= 15 is 0 Å². The van der Waals surface area contributed by atoms with E-state index in [1.807, 2.05) is 0 Å². The van der Waals surface area contributed by atoms with Crippen molar-refractivity contribution in [1.82, 2.24) is 0 Å². The number of hydrogen-bond acceptors (Lipinski definition) is 3. The van der Waals surface area contributed by atoms with Gasteiger partial charge in [0.25, 0.3) is 0 Å². The summed E-state index contributed by atoms with van der Waals surface area (Å²) in [6, 6.07) is 0. The SMILES string of the molecule is CCC(C)(C)CCCOCOC1CCCCC1C(=O)O. The van der Waals surface area contributed by atoms with E-state index in [-0.39, 0.29) is 18.8 Å². The molecule has 4 nitrogen and oxygen atoms in total. The molecular formula is C16H30O4. The second kappa shape index (κ2) is 8.63. The molecule has 118 valence electrons. The van der Waals surface area contributed by atoms with E-state index in [1.165, 1.54) is 6.42 Å². The summed E-state index contributed by atoms with van der Waals surface area (Å²) >= 11 is 0. The molecule has 2 unspecified atom stereocenters. The van der Waals surface area contributed by atoms with Crippen LogP contribution in [0.4, 0.5) is 0 Å². The third-order valence-electron chi connectivity index (χ3n) is 4.48. The van der Waals surface area contributed by atoms with Crippen LogP contribution in [0.5, 0.6) is 0 Å². The lowest BCUT2D eigenvalue weighted by molar-refractivity contribution is -0.158. The normalized spacial score (nSPS) is 23.8. The van der Waals surface area contributed by atoms with Gasteiger partial charge in [-0.2, -0.15) is 0 Å². The van der Waals surface area contributed by atoms with Crippen LogP contribution in [0, 0.1) is 11.3 Å². The molecule has 0 radical (unpaired) electrons. The summed E-state index contributed by atoms with van der Waals surface area (Å²) in [7, 11) is 0. The molecule has 20 heavy (non-hydrogen) atoms. The van der Waals surface area contributed by atoms with E-state index < -0.39 is 5.97 Å². The van der Waals surface area contributed by atoms with Crippen molar-refractivity contribution in [2.75, 3.05) is 13.4 Å². The summed E-state index contributed by atoms with van der Waals surface area (Å²) in [5.41, 5.74) is 0.377. The lowest BCUT2D eigenvalue weighted by Gasteiger charge is -2.28. The van der Waals surface area contributed by atoms with Crippen LogP contribution in [0.3, 0.4) is 0 Å². The zero-order valence-electron chi connectivity index (χ0n) is 13.2. The van der Waals surface area contributed by atoms with Gasteiger partial charge in [-0.3, -0.25) is 4.79 Å². The lowest BCUT2D eigenvalue weighted by Crippen LogP contribution is -2.34. The number of hydrogen-bond donors (Lipinski definition) is 1. The first kappa shape index (κ1) is 17.4. The van der Waals surface area contributed by atoms with Gasteiger partial charge in [-0.05, 0) is 31.1 Å². The number of carboxylic acids is 1. The van der Waals surface area contributed by atoms with E-state index in [0.717, 1.165) is 38.5 Å². The fraction of sp³-hybridized carbons (Fsp3) is 0.938. The largest absolute Gasteiger partial charge is 0.481 e. The van der Waals surface area contributed by atoms with Gasteiger partial charge in [-0.15, -0.1) is 0 Å². The van der Waals surface area contributed by atoms with E-state index in [0.29, 0.717) is 12.0 Å². The maximum atomic E-state index is 11.1. The highest BCUT2D eigenvalue weighted by molar-refractivity contribution is 5.70. The fourth-order valence-corrected chi connectivity index (χ4v) is 2.60. The van der Waals surface area contributed by atoms with E-state index in [4.69, 9.17) is 14.6 Å². The quantitative estimate of drug-likeness (QED) is 0.517. The molecule has 2 atom stereocenters. The van der Waals surface area contributed by atoms with Gasteiger partial charge < -0.3 is 14.6 Å². The summed E-state index contributed by atoms with van der Waals surface area (Å²) in [6.45, 7) is 7.65. The first-order chi connectivity index (χ1) is 9.46. The lowest BCUT2D eigenvalue weighted by atomic mass is 9.85. The van der Waals surface area contributed by atoms with Crippen LogP contribution < -0.4 is 0 Å². The van der Waals surface area contributed by atoms with Crippen molar-refractivity contribution in [1.29, 1.82) is 0 Å². The van der Waals surface area contributed by atoms with Crippen LogP contribution in [0.25, 0.3) is 0 Å². The summed E-state index contributed by atoms with van der Waals surface area (Å²) in [5, 5.41) is 9.15. The molecule has 1 aliphatic carbocycles. The van der Waals surface area contributed by atoms with Gasteiger partial charge in [0.05, 0.1) is 12.0 Å². The summed E-state index contributed by atoms with van der Waals surface area (Å²) < 4.78 is 11.1. The molecule has 1 saturated carbocycles.